The van der Waals surface area contributed by atoms with Crippen LogP contribution in [0.25, 0.3) is 10.9 Å². The van der Waals surface area contributed by atoms with Crippen LogP contribution in [-0.2, 0) is 11.3 Å². The number of nitrogens with one attached hydrogen (secondary N) is 2. The molecule has 4 heteroatoms. The molecule has 0 aliphatic carbocycles. The number of rotatable bonds is 5. The maximum atomic E-state index is 11.9. The Morgan fingerprint density at radius 2 is 2.17 bits per heavy atom. The molecule has 0 amide bonds. The first-order chi connectivity index (χ1) is 8.70. The number of pyridine rings is 1. The molecule has 0 fully saturated rings. The van der Waals surface area contributed by atoms with Crippen molar-refractivity contribution in [2.75, 3.05) is 20.3 Å². The molecule has 0 atom stereocenters. The van der Waals surface area contributed by atoms with E-state index in [4.69, 9.17) is 4.74 Å². The molecule has 1 aromatic carbocycles. The van der Waals surface area contributed by atoms with Crippen molar-refractivity contribution in [2.24, 2.45) is 0 Å². The van der Waals surface area contributed by atoms with Gasteiger partial charge in [-0.1, -0.05) is 12.1 Å². The molecule has 96 valence electrons. The summed E-state index contributed by atoms with van der Waals surface area (Å²) in [5.41, 5.74) is 2.75. The standard InChI is InChI=1S/C14H18N2O2/c1-10-3-4-11-8-12(9-15-5-6-18-2)14(17)16-13(11)7-10/h3-4,7-8,15H,5-6,9H2,1-2H3,(H,16,17). The van der Waals surface area contributed by atoms with Gasteiger partial charge in [0.2, 0.25) is 0 Å². The average molecular weight is 246 g/mol. The van der Waals surface area contributed by atoms with Gasteiger partial charge < -0.3 is 15.0 Å². The van der Waals surface area contributed by atoms with Crippen LogP contribution in [0.5, 0.6) is 0 Å². The van der Waals surface area contributed by atoms with Crippen LogP contribution in [0.15, 0.2) is 29.1 Å². The number of benzene rings is 1. The minimum Gasteiger partial charge on any atom is -0.383 e. The van der Waals surface area contributed by atoms with Gasteiger partial charge in [0.15, 0.2) is 0 Å². The van der Waals surface area contributed by atoms with Gasteiger partial charge >= 0.3 is 0 Å². The maximum Gasteiger partial charge on any atom is 0.252 e. The summed E-state index contributed by atoms with van der Waals surface area (Å²) < 4.78 is 4.94. The molecule has 0 saturated heterocycles. The lowest BCUT2D eigenvalue weighted by Gasteiger charge is -2.05. The molecule has 0 aliphatic heterocycles. The second kappa shape index (κ2) is 5.80. The lowest BCUT2D eigenvalue weighted by Crippen LogP contribution is -2.23. The highest BCUT2D eigenvalue weighted by molar-refractivity contribution is 5.79. The first-order valence-corrected chi connectivity index (χ1v) is 6.03. The zero-order chi connectivity index (χ0) is 13.0. The van der Waals surface area contributed by atoms with Crippen molar-refractivity contribution in [1.82, 2.24) is 10.3 Å². The zero-order valence-electron chi connectivity index (χ0n) is 10.7. The van der Waals surface area contributed by atoms with E-state index in [1.54, 1.807) is 7.11 Å². The molecule has 1 heterocycles. The van der Waals surface area contributed by atoms with Crippen LogP contribution in [0.4, 0.5) is 0 Å². The van der Waals surface area contributed by atoms with E-state index >= 15 is 0 Å². The molecule has 0 radical (unpaired) electrons. The molecule has 0 saturated carbocycles. The van der Waals surface area contributed by atoms with Gasteiger partial charge in [-0.05, 0) is 30.0 Å². The predicted molar refractivity (Wildman–Crippen MR) is 72.9 cm³/mol. The largest absolute Gasteiger partial charge is 0.383 e. The second-order valence-electron chi connectivity index (χ2n) is 4.38. The van der Waals surface area contributed by atoms with Crippen molar-refractivity contribution >= 4 is 10.9 Å². The Morgan fingerprint density at radius 3 is 2.94 bits per heavy atom. The molecule has 1 aromatic heterocycles. The van der Waals surface area contributed by atoms with Crippen molar-refractivity contribution in [2.45, 2.75) is 13.5 Å². The number of ether oxygens (including phenoxy) is 1. The van der Waals surface area contributed by atoms with Gasteiger partial charge in [-0.3, -0.25) is 4.79 Å². The predicted octanol–water partition coefficient (Wildman–Crippen LogP) is 1.57. The molecule has 0 bridgehead atoms. The van der Waals surface area contributed by atoms with Crippen LogP contribution >= 0.6 is 0 Å². The SMILES string of the molecule is COCCNCc1cc2ccc(C)cc2[nH]c1=O. The van der Waals surface area contributed by atoms with Crippen LogP contribution in [0.3, 0.4) is 0 Å². The summed E-state index contributed by atoms with van der Waals surface area (Å²) in [4.78, 5) is 14.8. The fraction of sp³-hybridized carbons (Fsp3) is 0.357. The van der Waals surface area contributed by atoms with Gasteiger partial charge in [-0.2, -0.15) is 0 Å². The van der Waals surface area contributed by atoms with Crippen molar-refractivity contribution in [3.05, 3.63) is 45.7 Å². The zero-order valence-corrected chi connectivity index (χ0v) is 10.7. The Morgan fingerprint density at radius 1 is 1.33 bits per heavy atom. The fourth-order valence-electron chi connectivity index (χ4n) is 1.89. The molecule has 2 aromatic rings. The normalized spacial score (nSPS) is 11.0. The monoisotopic (exact) mass is 246 g/mol. The Balaban J connectivity index is 2.21. The topological polar surface area (TPSA) is 54.1 Å². The van der Waals surface area contributed by atoms with Crippen LogP contribution < -0.4 is 10.9 Å². The number of fused-ring (bicyclic) bond motifs is 1. The van der Waals surface area contributed by atoms with Gasteiger partial charge in [0.25, 0.3) is 5.56 Å². The first-order valence-electron chi connectivity index (χ1n) is 6.03. The first kappa shape index (κ1) is 12.8. The smallest absolute Gasteiger partial charge is 0.252 e. The van der Waals surface area contributed by atoms with E-state index in [0.717, 1.165) is 28.6 Å². The second-order valence-corrected chi connectivity index (χ2v) is 4.38. The quantitative estimate of drug-likeness (QED) is 0.787. The van der Waals surface area contributed by atoms with E-state index in [9.17, 15) is 4.79 Å². The summed E-state index contributed by atoms with van der Waals surface area (Å²) in [6, 6.07) is 7.99. The van der Waals surface area contributed by atoms with Crippen molar-refractivity contribution in [3.8, 4) is 0 Å². The number of aromatic amines is 1. The van der Waals surface area contributed by atoms with E-state index in [1.807, 2.05) is 31.2 Å². The molecular formula is C14H18N2O2. The van der Waals surface area contributed by atoms with E-state index < -0.39 is 0 Å². The van der Waals surface area contributed by atoms with Gasteiger partial charge in [-0.15, -0.1) is 0 Å². The maximum absolute atomic E-state index is 11.9. The molecule has 0 spiro atoms. The van der Waals surface area contributed by atoms with E-state index in [1.165, 1.54) is 0 Å². The Bertz CT molecular complexity index is 590. The third-order valence-electron chi connectivity index (χ3n) is 2.88. The highest BCUT2D eigenvalue weighted by Gasteiger charge is 2.02. The van der Waals surface area contributed by atoms with Gasteiger partial charge in [0.05, 0.1) is 6.61 Å². The van der Waals surface area contributed by atoms with E-state index in [2.05, 4.69) is 10.3 Å². The number of aryl methyl sites for hydroxylation is 1. The lowest BCUT2D eigenvalue weighted by molar-refractivity contribution is 0.199. The van der Waals surface area contributed by atoms with E-state index in [0.29, 0.717) is 13.2 Å². The molecule has 0 aliphatic rings. The number of aromatic nitrogens is 1. The Hall–Kier alpha value is -1.65. The Kier molecular flexibility index (Phi) is 4.12. The summed E-state index contributed by atoms with van der Waals surface area (Å²) in [5.74, 6) is 0. The summed E-state index contributed by atoms with van der Waals surface area (Å²) in [7, 11) is 1.66. The van der Waals surface area contributed by atoms with Crippen molar-refractivity contribution in [1.29, 1.82) is 0 Å². The summed E-state index contributed by atoms with van der Waals surface area (Å²) >= 11 is 0. The van der Waals surface area contributed by atoms with Gasteiger partial charge in [0, 0.05) is 31.3 Å². The minimum absolute atomic E-state index is 0.0296. The molecule has 4 nitrogen and oxygen atoms in total. The third kappa shape index (κ3) is 2.97. The van der Waals surface area contributed by atoms with Gasteiger partial charge in [0.1, 0.15) is 0 Å². The fourth-order valence-corrected chi connectivity index (χ4v) is 1.89. The highest BCUT2D eigenvalue weighted by atomic mass is 16.5. The molecule has 2 N–H and O–H groups in total. The molecular weight excluding hydrogens is 228 g/mol. The van der Waals surface area contributed by atoms with Crippen LogP contribution in [0, 0.1) is 6.92 Å². The third-order valence-corrected chi connectivity index (χ3v) is 2.88. The summed E-state index contributed by atoms with van der Waals surface area (Å²) in [6.45, 7) is 3.95. The lowest BCUT2D eigenvalue weighted by atomic mass is 10.1. The number of hydrogen-bond donors (Lipinski definition) is 2. The molecule has 18 heavy (non-hydrogen) atoms. The van der Waals surface area contributed by atoms with Crippen molar-refractivity contribution < 1.29 is 4.74 Å². The number of hydrogen-bond acceptors (Lipinski definition) is 3. The van der Waals surface area contributed by atoms with Crippen LogP contribution in [0.1, 0.15) is 11.1 Å². The Labute approximate surface area is 106 Å². The highest BCUT2D eigenvalue weighted by Crippen LogP contribution is 2.12. The van der Waals surface area contributed by atoms with Gasteiger partial charge in [-0.25, -0.2) is 0 Å². The molecule has 0 unspecified atom stereocenters. The number of H-pyrrole nitrogens is 1. The number of methoxy groups -OCH3 is 1. The van der Waals surface area contributed by atoms with E-state index in [-0.39, 0.29) is 5.56 Å². The minimum atomic E-state index is -0.0296. The van der Waals surface area contributed by atoms with Crippen LogP contribution in [0.2, 0.25) is 0 Å². The van der Waals surface area contributed by atoms with Crippen molar-refractivity contribution in [3.63, 3.8) is 0 Å². The van der Waals surface area contributed by atoms with Crippen LogP contribution in [-0.4, -0.2) is 25.2 Å². The summed E-state index contributed by atoms with van der Waals surface area (Å²) in [5, 5.41) is 4.23. The summed E-state index contributed by atoms with van der Waals surface area (Å²) in [6.07, 6.45) is 0. The molecule has 2 rings (SSSR count). The average Bonchev–Trinajstić information content (AvgIpc) is 2.35.